The Kier molecular flexibility index (Phi) is 6.23. The molecule has 3 heterocycles. The summed E-state index contributed by atoms with van der Waals surface area (Å²) in [5, 5.41) is 7.37. The largest absolute Gasteiger partial charge is 0.383 e. The molecule has 0 bridgehead atoms. The summed E-state index contributed by atoms with van der Waals surface area (Å²) < 4.78 is 5.18. The Hall–Kier alpha value is -1.89. The van der Waals surface area contributed by atoms with Crippen molar-refractivity contribution in [1.82, 2.24) is 20.0 Å². The number of carbonyl (C=O) groups is 2. The predicted molar refractivity (Wildman–Crippen MR) is 110 cm³/mol. The predicted octanol–water partition coefficient (Wildman–Crippen LogP) is 2.95. The van der Waals surface area contributed by atoms with Crippen molar-refractivity contribution in [2.45, 2.75) is 63.7 Å². The van der Waals surface area contributed by atoms with Crippen molar-refractivity contribution in [2.75, 3.05) is 39.9 Å². The standard InChI is InChI=1S/C22H34N4O3/c1-29-13-12-25-15-22(10-8-19(25)27)9-5-11-26(16-22)21(28)18-14-23-24-20(18)17-6-3-2-4-7-17/h14,17H,2-13,15-16H2,1H3,(H,23,24)/t22-/m0/s1. The number of nitrogens with one attached hydrogen (secondary N) is 1. The molecular weight excluding hydrogens is 368 g/mol. The summed E-state index contributed by atoms with van der Waals surface area (Å²) in [5.41, 5.74) is 1.82. The van der Waals surface area contributed by atoms with Crippen LogP contribution < -0.4 is 0 Å². The number of likely N-dealkylation sites (tertiary alicyclic amines) is 2. The van der Waals surface area contributed by atoms with Gasteiger partial charge in [-0.15, -0.1) is 0 Å². The number of H-pyrrole nitrogens is 1. The van der Waals surface area contributed by atoms with E-state index in [1.165, 1.54) is 19.3 Å². The summed E-state index contributed by atoms with van der Waals surface area (Å²) in [7, 11) is 1.67. The van der Waals surface area contributed by atoms with Gasteiger partial charge < -0.3 is 14.5 Å². The van der Waals surface area contributed by atoms with Gasteiger partial charge in [0.25, 0.3) is 5.91 Å². The number of aromatic nitrogens is 2. The molecule has 1 N–H and O–H groups in total. The van der Waals surface area contributed by atoms with Gasteiger partial charge in [0.05, 0.1) is 24.1 Å². The number of hydrogen-bond donors (Lipinski definition) is 1. The Balaban J connectivity index is 1.47. The molecule has 0 unspecified atom stereocenters. The number of rotatable bonds is 5. The number of carbonyl (C=O) groups excluding carboxylic acids is 2. The molecule has 1 aromatic rings. The lowest BCUT2D eigenvalue weighted by molar-refractivity contribution is -0.139. The Morgan fingerprint density at radius 1 is 1.24 bits per heavy atom. The van der Waals surface area contributed by atoms with E-state index in [0.717, 1.165) is 63.0 Å². The Bertz CT molecular complexity index is 727. The molecule has 1 spiro atoms. The van der Waals surface area contributed by atoms with Crippen LogP contribution in [0.25, 0.3) is 0 Å². The molecule has 2 aliphatic heterocycles. The number of methoxy groups -OCH3 is 1. The highest BCUT2D eigenvalue weighted by Crippen LogP contribution is 2.40. The Morgan fingerprint density at radius 2 is 2.07 bits per heavy atom. The lowest BCUT2D eigenvalue weighted by Crippen LogP contribution is -2.55. The highest BCUT2D eigenvalue weighted by molar-refractivity contribution is 5.95. The van der Waals surface area contributed by atoms with E-state index < -0.39 is 0 Å². The minimum absolute atomic E-state index is 0.0182. The molecule has 7 heteroatoms. The van der Waals surface area contributed by atoms with Crippen LogP contribution in [0.5, 0.6) is 0 Å². The molecule has 29 heavy (non-hydrogen) atoms. The number of aromatic amines is 1. The average Bonchev–Trinajstić information content (AvgIpc) is 3.25. The van der Waals surface area contributed by atoms with Gasteiger partial charge in [0.2, 0.25) is 5.91 Å². The van der Waals surface area contributed by atoms with Crippen molar-refractivity contribution in [3.05, 3.63) is 17.5 Å². The van der Waals surface area contributed by atoms with Crippen LogP contribution >= 0.6 is 0 Å². The molecular formula is C22H34N4O3. The number of amides is 2. The normalized spacial score (nSPS) is 26.3. The van der Waals surface area contributed by atoms with Crippen molar-refractivity contribution in [2.24, 2.45) is 5.41 Å². The molecule has 0 aromatic carbocycles. The quantitative estimate of drug-likeness (QED) is 0.821. The first-order chi connectivity index (χ1) is 14.1. The minimum atomic E-state index is 0.0182. The van der Waals surface area contributed by atoms with Gasteiger partial charge in [-0.25, -0.2) is 0 Å². The monoisotopic (exact) mass is 402 g/mol. The molecule has 7 nitrogen and oxygen atoms in total. The first-order valence-electron chi connectivity index (χ1n) is 11.2. The molecule has 3 fully saturated rings. The Labute approximate surface area is 173 Å². The van der Waals surface area contributed by atoms with Crippen molar-refractivity contribution >= 4 is 11.8 Å². The van der Waals surface area contributed by atoms with Crippen LogP contribution in [0.2, 0.25) is 0 Å². The summed E-state index contributed by atoms with van der Waals surface area (Å²) in [6.07, 6.45) is 11.3. The van der Waals surface area contributed by atoms with E-state index in [9.17, 15) is 9.59 Å². The molecule has 1 saturated carbocycles. The summed E-state index contributed by atoms with van der Waals surface area (Å²) in [5.74, 6) is 0.755. The first-order valence-corrected chi connectivity index (χ1v) is 11.2. The molecule has 1 aliphatic carbocycles. The van der Waals surface area contributed by atoms with Crippen LogP contribution in [0.3, 0.4) is 0 Å². The van der Waals surface area contributed by atoms with Crippen LogP contribution in [0.4, 0.5) is 0 Å². The number of ether oxygens (including phenoxy) is 1. The molecule has 160 valence electrons. The van der Waals surface area contributed by atoms with Crippen LogP contribution in [0.15, 0.2) is 6.20 Å². The van der Waals surface area contributed by atoms with E-state index >= 15 is 0 Å². The average molecular weight is 403 g/mol. The first kappa shape index (κ1) is 20.4. The van der Waals surface area contributed by atoms with E-state index in [2.05, 4.69) is 10.2 Å². The molecule has 0 radical (unpaired) electrons. The molecule has 2 saturated heterocycles. The van der Waals surface area contributed by atoms with Crippen molar-refractivity contribution < 1.29 is 14.3 Å². The fraction of sp³-hybridized carbons (Fsp3) is 0.773. The van der Waals surface area contributed by atoms with E-state index in [1.807, 2.05) is 9.80 Å². The van der Waals surface area contributed by atoms with Crippen LogP contribution in [-0.4, -0.2) is 71.7 Å². The molecule has 2 amide bonds. The maximum absolute atomic E-state index is 13.4. The second kappa shape index (κ2) is 8.86. The summed E-state index contributed by atoms with van der Waals surface area (Å²) in [4.78, 5) is 29.7. The molecule has 1 atom stereocenters. The maximum Gasteiger partial charge on any atom is 0.257 e. The highest BCUT2D eigenvalue weighted by atomic mass is 16.5. The van der Waals surface area contributed by atoms with Crippen molar-refractivity contribution in [1.29, 1.82) is 0 Å². The van der Waals surface area contributed by atoms with Gasteiger partial charge >= 0.3 is 0 Å². The van der Waals surface area contributed by atoms with Crippen LogP contribution in [0.1, 0.15) is 79.8 Å². The number of piperidine rings is 2. The zero-order valence-corrected chi connectivity index (χ0v) is 17.6. The fourth-order valence-electron chi connectivity index (χ4n) is 5.56. The van der Waals surface area contributed by atoms with Gasteiger partial charge in [-0.05, 0) is 32.1 Å². The van der Waals surface area contributed by atoms with E-state index in [1.54, 1.807) is 13.3 Å². The zero-order chi connectivity index (χ0) is 20.3. The molecule has 3 aliphatic rings. The van der Waals surface area contributed by atoms with Gasteiger partial charge in [-0.2, -0.15) is 5.10 Å². The van der Waals surface area contributed by atoms with Crippen molar-refractivity contribution in [3.63, 3.8) is 0 Å². The number of hydrogen-bond acceptors (Lipinski definition) is 4. The lowest BCUT2D eigenvalue weighted by atomic mass is 9.73. The highest BCUT2D eigenvalue weighted by Gasteiger charge is 2.43. The third kappa shape index (κ3) is 4.34. The fourth-order valence-corrected chi connectivity index (χ4v) is 5.56. The summed E-state index contributed by atoms with van der Waals surface area (Å²) in [6, 6.07) is 0. The van der Waals surface area contributed by atoms with E-state index in [4.69, 9.17) is 4.74 Å². The SMILES string of the molecule is COCCN1C[C@]2(CCCN(C(=O)c3cn[nH]c3C3CCCCC3)C2)CCC1=O. The molecule has 1 aromatic heterocycles. The maximum atomic E-state index is 13.4. The second-order valence-corrected chi connectivity index (χ2v) is 9.17. The third-order valence-electron chi connectivity index (χ3n) is 7.17. The molecule has 4 rings (SSSR count). The van der Waals surface area contributed by atoms with Crippen LogP contribution in [-0.2, 0) is 9.53 Å². The van der Waals surface area contributed by atoms with Gasteiger partial charge in [-0.3, -0.25) is 14.7 Å². The smallest absolute Gasteiger partial charge is 0.257 e. The summed E-state index contributed by atoms with van der Waals surface area (Å²) >= 11 is 0. The minimum Gasteiger partial charge on any atom is -0.383 e. The lowest BCUT2D eigenvalue weighted by Gasteiger charge is -2.48. The van der Waals surface area contributed by atoms with E-state index in [0.29, 0.717) is 25.5 Å². The zero-order valence-electron chi connectivity index (χ0n) is 17.6. The van der Waals surface area contributed by atoms with E-state index in [-0.39, 0.29) is 17.2 Å². The Morgan fingerprint density at radius 3 is 2.86 bits per heavy atom. The van der Waals surface area contributed by atoms with Gasteiger partial charge in [0.15, 0.2) is 0 Å². The van der Waals surface area contributed by atoms with Crippen LogP contribution in [0, 0.1) is 5.41 Å². The van der Waals surface area contributed by atoms with Gasteiger partial charge in [0, 0.05) is 51.0 Å². The van der Waals surface area contributed by atoms with Crippen molar-refractivity contribution in [3.8, 4) is 0 Å². The third-order valence-corrected chi connectivity index (χ3v) is 7.17. The second-order valence-electron chi connectivity index (χ2n) is 9.17. The van der Waals surface area contributed by atoms with Gasteiger partial charge in [-0.1, -0.05) is 19.3 Å². The topological polar surface area (TPSA) is 78.5 Å². The number of nitrogens with zero attached hydrogens (tertiary/aromatic N) is 3. The summed E-state index contributed by atoms with van der Waals surface area (Å²) in [6.45, 7) is 3.46. The van der Waals surface area contributed by atoms with Gasteiger partial charge in [0.1, 0.15) is 0 Å².